The minimum absolute atomic E-state index is 0.0532. The summed E-state index contributed by atoms with van der Waals surface area (Å²) >= 11 is 6.76. The molecule has 2 saturated heterocycles. The average Bonchev–Trinajstić information content (AvgIpc) is 3.83. The third kappa shape index (κ3) is 8.45. The normalized spacial score (nSPS) is 29.3. The SMILES string of the molecule is COc1cc(N)ccc1C(=O)N(C)[C@@H](C)C(=O)O[C@H]1CC(=O)N(C)c2cc(cc(OC)c2Cl)C/C(C)=C/C=C/C[C@@]2(O)C[C@H](OC(=O)N2)[C@@H](C)[C@@H]2O[C@@]12C. The molecule has 2 fully saturated rings. The zero-order valence-corrected chi connectivity index (χ0v) is 32.6. The van der Waals surface area contributed by atoms with E-state index in [2.05, 4.69) is 5.32 Å². The average molecular weight is 769 g/mol. The Bertz CT molecular complexity index is 1870. The lowest BCUT2D eigenvalue weighted by atomic mass is 9.84. The van der Waals surface area contributed by atoms with Crippen molar-refractivity contribution < 1.29 is 48.0 Å². The minimum Gasteiger partial charge on any atom is -0.496 e. The maximum absolute atomic E-state index is 14.2. The maximum atomic E-state index is 14.2. The first kappa shape index (κ1) is 40.4. The predicted molar refractivity (Wildman–Crippen MR) is 202 cm³/mol. The third-order valence-electron chi connectivity index (χ3n) is 10.5. The van der Waals surface area contributed by atoms with Gasteiger partial charge in [0.2, 0.25) is 5.91 Å². The Labute approximate surface area is 320 Å². The van der Waals surface area contributed by atoms with Crippen LogP contribution < -0.4 is 25.4 Å². The number of rotatable bonds is 6. The van der Waals surface area contributed by atoms with Crippen LogP contribution in [0.2, 0.25) is 5.02 Å². The number of esters is 1. The van der Waals surface area contributed by atoms with Gasteiger partial charge in [0.05, 0.1) is 38.0 Å². The van der Waals surface area contributed by atoms with Crippen molar-refractivity contribution in [2.75, 3.05) is 38.9 Å². The number of nitrogens with zero attached hydrogens (tertiary/aromatic N) is 2. The summed E-state index contributed by atoms with van der Waals surface area (Å²) < 4.78 is 28.9. The van der Waals surface area contributed by atoms with Crippen LogP contribution in [-0.4, -0.2) is 97.9 Å². The number of alkyl carbamates (subject to hydrolysis) is 1. The Morgan fingerprint density at radius 1 is 1.17 bits per heavy atom. The van der Waals surface area contributed by atoms with Crippen LogP contribution in [0.1, 0.15) is 62.9 Å². The van der Waals surface area contributed by atoms with Crippen molar-refractivity contribution in [3.8, 4) is 11.5 Å². The molecule has 2 aromatic carbocycles. The number of nitrogens with two attached hydrogens (primary N) is 1. The predicted octanol–water partition coefficient (Wildman–Crippen LogP) is 4.79. The summed E-state index contributed by atoms with van der Waals surface area (Å²) in [6.07, 6.45) is 2.42. The molecule has 2 aromatic rings. The molecule has 54 heavy (non-hydrogen) atoms. The van der Waals surface area contributed by atoms with E-state index in [1.165, 1.54) is 50.1 Å². The van der Waals surface area contributed by atoms with Crippen molar-refractivity contribution in [3.05, 3.63) is 70.3 Å². The number of halogens is 1. The van der Waals surface area contributed by atoms with Crippen molar-refractivity contribution in [1.29, 1.82) is 0 Å². The van der Waals surface area contributed by atoms with E-state index >= 15 is 0 Å². The molecule has 0 aromatic heterocycles. The minimum atomic E-state index is -1.59. The Kier molecular flexibility index (Phi) is 11.9. The fourth-order valence-electron chi connectivity index (χ4n) is 6.98. The van der Waals surface area contributed by atoms with Crippen LogP contribution >= 0.6 is 11.6 Å². The smallest absolute Gasteiger partial charge is 0.409 e. The number of nitrogen functional groups attached to an aromatic ring is 1. The number of amides is 3. The van der Waals surface area contributed by atoms with Gasteiger partial charge in [-0.2, -0.15) is 0 Å². The molecule has 7 atom stereocenters. The molecular formula is C39H49ClN4O10. The summed E-state index contributed by atoms with van der Waals surface area (Å²) in [6.45, 7) is 6.97. The lowest BCUT2D eigenvalue weighted by Crippen LogP contribution is -2.57. The van der Waals surface area contributed by atoms with Crippen molar-refractivity contribution in [1.82, 2.24) is 10.2 Å². The molecule has 0 spiro atoms. The summed E-state index contributed by atoms with van der Waals surface area (Å²) in [5, 5.41) is 14.2. The first-order chi connectivity index (χ1) is 25.4. The second-order valence-electron chi connectivity index (χ2n) is 14.5. The molecule has 292 valence electrons. The zero-order chi connectivity index (χ0) is 39.7. The molecule has 15 heteroatoms. The number of carbonyl (C=O) groups excluding carboxylic acids is 4. The highest BCUT2D eigenvalue weighted by Crippen LogP contribution is 2.49. The summed E-state index contributed by atoms with van der Waals surface area (Å²) in [6, 6.07) is 7.06. The Hall–Kier alpha value is -4.79. The van der Waals surface area contributed by atoms with Gasteiger partial charge >= 0.3 is 12.1 Å². The van der Waals surface area contributed by atoms with E-state index in [9.17, 15) is 24.3 Å². The molecule has 0 aliphatic carbocycles. The van der Waals surface area contributed by atoms with Gasteiger partial charge in [0, 0.05) is 44.6 Å². The molecule has 5 rings (SSSR count). The first-order valence-corrected chi connectivity index (χ1v) is 18.0. The molecule has 3 aliphatic heterocycles. The number of likely N-dealkylation sites (N-methyl/N-ethyl adjacent to an activating group) is 1. The number of hydrogen-bond donors (Lipinski definition) is 3. The van der Waals surface area contributed by atoms with Gasteiger partial charge < -0.3 is 44.3 Å². The summed E-state index contributed by atoms with van der Waals surface area (Å²) in [5.41, 5.74) is 5.81. The number of hydrogen-bond acceptors (Lipinski definition) is 11. The monoisotopic (exact) mass is 768 g/mol. The molecule has 14 nitrogen and oxygen atoms in total. The molecule has 0 saturated carbocycles. The number of carbonyl (C=O) groups is 4. The van der Waals surface area contributed by atoms with Crippen LogP contribution in [0.25, 0.3) is 0 Å². The van der Waals surface area contributed by atoms with Crippen molar-refractivity contribution in [2.24, 2.45) is 5.92 Å². The number of ether oxygens (including phenoxy) is 5. The quantitative estimate of drug-likeness (QED) is 0.209. The topological polar surface area (TPSA) is 182 Å². The Morgan fingerprint density at radius 2 is 1.87 bits per heavy atom. The van der Waals surface area contributed by atoms with Crippen molar-refractivity contribution >= 4 is 46.9 Å². The summed E-state index contributed by atoms with van der Waals surface area (Å²) in [5.74, 6) is -1.64. The molecule has 0 radical (unpaired) electrons. The van der Waals surface area contributed by atoms with E-state index < -0.39 is 65.5 Å². The Morgan fingerprint density at radius 3 is 2.56 bits per heavy atom. The number of aliphatic hydroxyl groups is 1. The highest BCUT2D eigenvalue weighted by molar-refractivity contribution is 6.35. The second-order valence-corrected chi connectivity index (χ2v) is 14.9. The van der Waals surface area contributed by atoms with E-state index in [4.69, 9.17) is 41.0 Å². The highest BCUT2D eigenvalue weighted by Gasteiger charge is 2.64. The van der Waals surface area contributed by atoms with Gasteiger partial charge in [-0.3, -0.25) is 14.9 Å². The van der Waals surface area contributed by atoms with Gasteiger partial charge in [-0.15, -0.1) is 0 Å². The lowest BCUT2D eigenvalue weighted by Gasteiger charge is -2.39. The van der Waals surface area contributed by atoms with Crippen LogP contribution in [0.15, 0.2) is 54.1 Å². The number of anilines is 2. The highest BCUT2D eigenvalue weighted by atomic mass is 35.5. The standard InChI is InChI=1S/C39H49ClN4O10/c1-21-11-9-10-14-39(49)20-30(52-37(48)42-39)22(2)34-38(4,54-34)31(19-32(45)44(6)27-16-24(15-21)17-29(51-8)33(27)40)53-36(47)23(3)43(5)35(46)26-13-12-25(41)18-28(26)50-7/h9-13,16-18,22-23,30-31,34,49H,14-15,19-20,41H2,1-8H3,(H,42,48)/b10-9+,21-11+/t22-,23+,30+,31+,34+,38+,39-/m1/s1. The molecule has 3 aliphatic rings. The van der Waals surface area contributed by atoms with Gasteiger partial charge in [0.15, 0.2) is 0 Å². The summed E-state index contributed by atoms with van der Waals surface area (Å²) in [4.78, 5) is 56.9. The van der Waals surface area contributed by atoms with Crippen LogP contribution in [0.3, 0.4) is 0 Å². The number of methoxy groups -OCH3 is 2. The van der Waals surface area contributed by atoms with E-state index in [0.29, 0.717) is 23.5 Å². The van der Waals surface area contributed by atoms with E-state index in [0.717, 1.165) is 11.1 Å². The second kappa shape index (κ2) is 15.9. The zero-order valence-electron chi connectivity index (χ0n) is 31.8. The van der Waals surface area contributed by atoms with Crippen molar-refractivity contribution in [2.45, 2.75) is 89.1 Å². The number of allylic oxidation sites excluding steroid dienone is 3. The van der Waals surface area contributed by atoms with Gasteiger partial charge in [-0.05, 0) is 57.0 Å². The lowest BCUT2D eigenvalue weighted by molar-refractivity contribution is -0.158. The summed E-state index contributed by atoms with van der Waals surface area (Å²) in [7, 11) is 5.92. The molecule has 4 bridgehead atoms. The van der Waals surface area contributed by atoms with Crippen LogP contribution in [0, 0.1) is 5.92 Å². The maximum Gasteiger partial charge on any atom is 0.409 e. The van der Waals surface area contributed by atoms with Crippen LogP contribution in [-0.2, 0) is 30.2 Å². The third-order valence-corrected chi connectivity index (χ3v) is 10.9. The number of epoxide rings is 1. The number of nitrogens with one attached hydrogen (secondary N) is 1. The van der Waals surface area contributed by atoms with Gasteiger partial charge in [0.1, 0.15) is 46.1 Å². The van der Waals surface area contributed by atoms with Gasteiger partial charge in [0.25, 0.3) is 5.91 Å². The van der Waals surface area contributed by atoms with Crippen LogP contribution in [0.5, 0.6) is 11.5 Å². The van der Waals surface area contributed by atoms with E-state index in [1.54, 1.807) is 38.2 Å². The van der Waals surface area contributed by atoms with Gasteiger partial charge in [-0.25, -0.2) is 9.59 Å². The fraction of sp³-hybridized carbons (Fsp3) is 0.487. The van der Waals surface area contributed by atoms with Gasteiger partial charge in [-0.1, -0.05) is 42.3 Å². The Balaban J connectivity index is 1.50. The van der Waals surface area contributed by atoms with Crippen molar-refractivity contribution in [3.63, 3.8) is 0 Å². The fourth-order valence-corrected chi connectivity index (χ4v) is 7.29. The van der Waals surface area contributed by atoms with E-state index in [-0.39, 0.29) is 35.6 Å². The van der Waals surface area contributed by atoms with Crippen LogP contribution in [0.4, 0.5) is 16.2 Å². The molecule has 4 N–H and O–H groups in total. The molecule has 3 heterocycles. The molecule has 3 amide bonds. The first-order valence-electron chi connectivity index (χ1n) is 17.7. The largest absolute Gasteiger partial charge is 0.496 e. The number of fused-ring (bicyclic) bond motifs is 5. The molecule has 0 unspecified atom stereocenters. The van der Waals surface area contributed by atoms with E-state index in [1.807, 2.05) is 26.0 Å². The number of benzene rings is 2. The molecular weight excluding hydrogens is 720 g/mol.